The molecule has 2 rings (SSSR count). The number of imidazole rings is 1. The first kappa shape index (κ1) is 33.5. The van der Waals surface area contributed by atoms with E-state index in [0.29, 0.717) is 18.5 Å². The van der Waals surface area contributed by atoms with Gasteiger partial charge in [0.05, 0.1) is 12.4 Å². The van der Waals surface area contributed by atoms with Crippen molar-refractivity contribution in [2.45, 2.75) is 70.1 Å². The minimum absolute atomic E-state index is 0.0553. The van der Waals surface area contributed by atoms with Crippen LogP contribution in [0.1, 0.15) is 44.4 Å². The largest absolute Gasteiger partial charge is 0.508 e. The van der Waals surface area contributed by atoms with Crippen molar-refractivity contribution in [2.75, 3.05) is 6.54 Å². The predicted octanol–water partition coefficient (Wildman–Crippen LogP) is -1.13. The summed E-state index contributed by atoms with van der Waals surface area (Å²) in [6, 6.07) is 1.80. The number of carbonyl (C=O) groups is 4. The Hall–Kier alpha value is -4.66. The van der Waals surface area contributed by atoms with Gasteiger partial charge in [-0.25, -0.2) is 9.78 Å². The number of hydrogen-bond acceptors (Lipinski definition) is 8. The zero-order valence-electron chi connectivity index (χ0n) is 23.7. The van der Waals surface area contributed by atoms with Gasteiger partial charge in [0.1, 0.15) is 23.9 Å². The van der Waals surface area contributed by atoms with E-state index < -0.39 is 47.9 Å². The van der Waals surface area contributed by atoms with Crippen molar-refractivity contribution in [3.05, 3.63) is 48.0 Å². The van der Waals surface area contributed by atoms with Crippen LogP contribution in [0.2, 0.25) is 0 Å². The fourth-order valence-electron chi connectivity index (χ4n) is 4.06. The molecule has 3 amide bonds. The Bertz CT molecular complexity index is 1200. The zero-order chi connectivity index (χ0) is 31.2. The summed E-state index contributed by atoms with van der Waals surface area (Å²) in [6.45, 7) is 3.80. The number of amides is 3. The predicted molar refractivity (Wildman–Crippen MR) is 155 cm³/mol. The first-order valence-electron chi connectivity index (χ1n) is 13.6. The van der Waals surface area contributed by atoms with Gasteiger partial charge in [-0.15, -0.1) is 0 Å². The third-order valence-electron chi connectivity index (χ3n) is 6.69. The molecule has 1 heterocycles. The number of benzene rings is 1. The molecule has 5 unspecified atom stereocenters. The summed E-state index contributed by atoms with van der Waals surface area (Å²) in [6.07, 6.45) is 3.87. The second-order valence-corrected chi connectivity index (χ2v) is 10.0. The summed E-state index contributed by atoms with van der Waals surface area (Å²) >= 11 is 0. The molecule has 15 nitrogen and oxygen atoms in total. The molecule has 0 aliphatic heterocycles. The van der Waals surface area contributed by atoms with Gasteiger partial charge >= 0.3 is 5.97 Å². The van der Waals surface area contributed by atoms with Gasteiger partial charge in [-0.1, -0.05) is 32.4 Å². The molecule has 5 atom stereocenters. The first-order chi connectivity index (χ1) is 19.9. The summed E-state index contributed by atoms with van der Waals surface area (Å²) < 4.78 is 0. The number of aromatic hydroxyl groups is 1. The molecule has 42 heavy (non-hydrogen) atoms. The lowest BCUT2D eigenvalue weighted by Crippen LogP contribution is -2.59. The van der Waals surface area contributed by atoms with E-state index in [1.165, 1.54) is 24.7 Å². The lowest BCUT2D eigenvalue weighted by molar-refractivity contribution is -0.142. The number of phenolic OH excluding ortho intramolecular Hbond substituents is 1. The summed E-state index contributed by atoms with van der Waals surface area (Å²) in [4.78, 5) is 62.1. The number of aromatic nitrogens is 2. The van der Waals surface area contributed by atoms with E-state index in [1.807, 2.05) is 6.92 Å². The van der Waals surface area contributed by atoms with Gasteiger partial charge in [-0.2, -0.15) is 0 Å². The van der Waals surface area contributed by atoms with Gasteiger partial charge in [0.25, 0.3) is 0 Å². The molecule has 2 aromatic rings. The molecule has 1 aromatic heterocycles. The van der Waals surface area contributed by atoms with E-state index >= 15 is 0 Å². The highest BCUT2D eigenvalue weighted by Crippen LogP contribution is 2.13. The minimum Gasteiger partial charge on any atom is -0.508 e. The summed E-state index contributed by atoms with van der Waals surface area (Å²) in [5.41, 5.74) is 18.1. The normalized spacial score (nSPS) is 14.5. The van der Waals surface area contributed by atoms with Crippen LogP contribution >= 0.6 is 0 Å². The molecular formula is C27H41N9O6. The maximum atomic E-state index is 13.5. The van der Waals surface area contributed by atoms with Gasteiger partial charge in [-0.3, -0.25) is 19.4 Å². The third-order valence-corrected chi connectivity index (χ3v) is 6.69. The molecule has 0 aliphatic carbocycles. The molecule has 230 valence electrons. The number of carboxylic acids is 1. The number of aliphatic carboxylic acids is 1. The van der Waals surface area contributed by atoms with Crippen LogP contribution in [0.15, 0.2) is 41.8 Å². The minimum atomic E-state index is -1.29. The maximum absolute atomic E-state index is 13.5. The van der Waals surface area contributed by atoms with Crippen molar-refractivity contribution in [1.82, 2.24) is 25.9 Å². The maximum Gasteiger partial charge on any atom is 0.326 e. The van der Waals surface area contributed by atoms with Crippen LogP contribution in [-0.2, 0) is 32.0 Å². The van der Waals surface area contributed by atoms with Crippen LogP contribution in [-0.4, -0.2) is 80.5 Å². The number of rotatable bonds is 17. The number of nitrogens with zero attached hydrogens (tertiary/aromatic N) is 2. The van der Waals surface area contributed by atoms with E-state index in [2.05, 4.69) is 30.9 Å². The SMILES string of the molecule is CCC(C)C(NC(=O)C(N)Cc1ccc(O)cc1)C(=O)NC(CCCN=C(N)N)C(=O)NC(Cc1cnc[nH]1)C(=O)O. The molecular weight excluding hydrogens is 546 g/mol. The highest BCUT2D eigenvalue weighted by atomic mass is 16.4. The average molecular weight is 588 g/mol. The van der Waals surface area contributed by atoms with E-state index in [9.17, 15) is 29.4 Å². The molecule has 0 saturated carbocycles. The number of aliphatic imine (C=N–C) groups is 1. The van der Waals surface area contributed by atoms with E-state index in [-0.39, 0.29) is 43.4 Å². The molecule has 0 spiro atoms. The van der Waals surface area contributed by atoms with Crippen molar-refractivity contribution in [3.63, 3.8) is 0 Å². The van der Waals surface area contributed by atoms with E-state index in [0.717, 1.165) is 5.56 Å². The Balaban J connectivity index is 2.16. The molecule has 0 aliphatic rings. The fourth-order valence-corrected chi connectivity index (χ4v) is 4.06. The van der Waals surface area contributed by atoms with Crippen molar-refractivity contribution < 1.29 is 29.4 Å². The van der Waals surface area contributed by atoms with E-state index in [1.54, 1.807) is 19.1 Å². The van der Waals surface area contributed by atoms with Crippen LogP contribution in [0.3, 0.4) is 0 Å². The van der Waals surface area contributed by atoms with Crippen LogP contribution in [0, 0.1) is 5.92 Å². The number of carbonyl (C=O) groups excluding carboxylic acids is 3. The Morgan fingerprint density at radius 1 is 1.00 bits per heavy atom. The Kier molecular flexibility index (Phi) is 13.2. The molecule has 0 radical (unpaired) electrons. The van der Waals surface area contributed by atoms with E-state index in [4.69, 9.17) is 17.2 Å². The number of H-pyrrole nitrogens is 1. The number of nitrogens with two attached hydrogens (primary N) is 3. The van der Waals surface area contributed by atoms with Crippen LogP contribution < -0.4 is 33.2 Å². The van der Waals surface area contributed by atoms with Crippen LogP contribution in [0.4, 0.5) is 0 Å². The lowest BCUT2D eigenvalue weighted by Gasteiger charge is -2.28. The fraction of sp³-hybridized carbons (Fsp3) is 0.481. The summed E-state index contributed by atoms with van der Waals surface area (Å²) in [5, 5.41) is 27.0. The molecule has 0 saturated heterocycles. The highest BCUT2D eigenvalue weighted by molar-refractivity contribution is 5.94. The molecule has 12 N–H and O–H groups in total. The topological polar surface area (TPSA) is 264 Å². The smallest absolute Gasteiger partial charge is 0.326 e. The third kappa shape index (κ3) is 11.1. The number of carboxylic acid groups (broad SMARTS) is 1. The van der Waals surface area contributed by atoms with Crippen molar-refractivity contribution >= 4 is 29.7 Å². The quantitative estimate of drug-likeness (QED) is 0.0610. The number of nitrogens with one attached hydrogen (secondary N) is 4. The van der Waals surface area contributed by atoms with Gasteiger partial charge in [-0.05, 0) is 42.9 Å². The molecule has 0 bridgehead atoms. The first-order valence-corrected chi connectivity index (χ1v) is 13.6. The van der Waals surface area contributed by atoms with Gasteiger partial charge in [0.15, 0.2) is 5.96 Å². The average Bonchev–Trinajstić information content (AvgIpc) is 3.46. The Labute approximate surface area is 243 Å². The highest BCUT2D eigenvalue weighted by Gasteiger charge is 2.32. The lowest BCUT2D eigenvalue weighted by atomic mass is 9.96. The second kappa shape index (κ2) is 16.6. The summed E-state index contributed by atoms with van der Waals surface area (Å²) in [5.74, 6) is -3.56. The number of phenols is 1. The second-order valence-electron chi connectivity index (χ2n) is 10.0. The van der Waals surface area contributed by atoms with Crippen LogP contribution in [0.25, 0.3) is 0 Å². The van der Waals surface area contributed by atoms with Gasteiger partial charge in [0, 0.05) is 24.9 Å². The number of hydrogen-bond donors (Lipinski definition) is 9. The van der Waals surface area contributed by atoms with Crippen molar-refractivity contribution in [1.29, 1.82) is 0 Å². The standard InChI is InChI=1S/C27H41N9O6/c1-3-15(2)22(36-23(38)19(28)11-16-6-8-18(37)9-7-16)25(40)34-20(5-4-10-32-27(29)30)24(39)35-21(26(41)42)12-17-13-31-14-33-17/h6-9,13-15,19-22,37H,3-5,10-12,28H2,1-2H3,(H,31,33)(H,34,40)(H,35,39)(H,36,38)(H,41,42)(H4,29,30,32). The van der Waals surface area contributed by atoms with Crippen molar-refractivity contribution in [2.24, 2.45) is 28.1 Å². The van der Waals surface area contributed by atoms with Gasteiger partial charge < -0.3 is 48.3 Å². The Morgan fingerprint density at radius 3 is 2.24 bits per heavy atom. The molecule has 0 fully saturated rings. The monoisotopic (exact) mass is 587 g/mol. The van der Waals surface area contributed by atoms with Crippen LogP contribution in [0.5, 0.6) is 5.75 Å². The summed E-state index contributed by atoms with van der Waals surface area (Å²) in [7, 11) is 0. The van der Waals surface area contributed by atoms with Crippen molar-refractivity contribution in [3.8, 4) is 5.75 Å². The molecule has 1 aromatic carbocycles. The van der Waals surface area contributed by atoms with Gasteiger partial charge in [0.2, 0.25) is 17.7 Å². The Morgan fingerprint density at radius 2 is 1.67 bits per heavy atom. The molecule has 15 heteroatoms. The number of aromatic amines is 1. The zero-order valence-corrected chi connectivity index (χ0v) is 23.7. The number of guanidine groups is 1.